The molecule has 2 rings (SSSR count). The normalized spacial score (nSPS) is 18.7. The molecule has 3 heteroatoms. The Hall–Kier alpha value is -1.42. The lowest BCUT2D eigenvalue weighted by molar-refractivity contribution is 0.173. The molecule has 1 aromatic rings. The van der Waals surface area contributed by atoms with Gasteiger partial charge in [0.25, 0.3) is 0 Å². The van der Waals surface area contributed by atoms with Gasteiger partial charge >= 0.3 is 0 Å². The zero-order valence-corrected chi connectivity index (χ0v) is 11.8. The van der Waals surface area contributed by atoms with Gasteiger partial charge in [0.05, 0.1) is 6.54 Å². The molecule has 1 aromatic carbocycles. The number of hydrazine groups is 2. The number of hydrogen-bond donors (Lipinski definition) is 2. The van der Waals surface area contributed by atoms with Crippen molar-refractivity contribution < 1.29 is 0 Å². The summed E-state index contributed by atoms with van der Waals surface area (Å²) in [6.07, 6.45) is 7.78. The molecular weight excluding hydrogens is 234 g/mol. The van der Waals surface area contributed by atoms with E-state index in [0.29, 0.717) is 12.5 Å². The average Bonchev–Trinajstić information content (AvgIpc) is 2.36. The molecule has 1 unspecified atom stereocenters. The summed E-state index contributed by atoms with van der Waals surface area (Å²) in [5, 5.41) is 1.68. The highest BCUT2D eigenvalue weighted by molar-refractivity contribution is 5.22. The van der Waals surface area contributed by atoms with Gasteiger partial charge in [-0.05, 0) is 31.7 Å². The third-order valence-electron chi connectivity index (χ3n) is 3.31. The Kier molecular flexibility index (Phi) is 4.91. The standard InChI is InChI=1S/C16H23N3/c1-13-5-3-7-15(9-13)11-18-19(17)12-16-8-4-6-14(2)10-16/h3-6,8-10,15,18H,7,11-12,17H2,1-2H3. The maximum atomic E-state index is 5.99. The molecule has 1 aliphatic carbocycles. The van der Waals surface area contributed by atoms with Crippen LogP contribution in [0.3, 0.4) is 0 Å². The minimum atomic E-state index is 0.536. The highest BCUT2D eigenvalue weighted by Crippen LogP contribution is 2.15. The van der Waals surface area contributed by atoms with Crippen LogP contribution in [0.15, 0.2) is 48.1 Å². The van der Waals surface area contributed by atoms with Crippen molar-refractivity contribution in [2.24, 2.45) is 11.8 Å². The van der Waals surface area contributed by atoms with Gasteiger partial charge in [-0.2, -0.15) is 5.12 Å². The van der Waals surface area contributed by atoms with Crippen LogP contribution >= 0.6 is 0 Å². The smallest absolute Gasteiger partial charge is 0.0536 e. The minimum Gasteiger partial charge on any atom is -0.255 e. The zero-order valence-electron chi connectivity index (χ0n) is 11.8. The Labute approximate surface area is 115 Å². The summed E-state index contributed by atoms with van der Waals surface area (Å²) in [5.41, 5.74) is 7.10. The van der Waals surface area contributed by atoms with Gasteiger partial charge in [0.2, 0.25) is 0 Å². The second-order valence-corrected chi connectivity index (χ2v) is 5.29. The molecule has 0 saturated carbocycles. The van der Waals surface area contributed by atoms with Gasteiger partial charge in [0.15, 0.2) is 0 Å². The van der Waals surface area contributed by atoms with Crippen molar-refractivity contribution >= 4 is 0 Å². The lowest BCUT2D eigenvalue weighted by Gasteiger charge is -2.22. The molecule has 102 valence electrons. The molecule has 0 heterocycles. The van der Waals surface area contributed by atoms with Crippen molar-refractivity contribution in [3.63, 3.8) is 0 Å². The first-order valence-corrected chi connectivity index (χ1v) is 6.80. The number of allylic oxidation sites excluding steroid dienone is 3. The van der Waals surface area contributed by atoms with Crippen molar-refractivity contribution in [1.82, 2.24) is 10.5 Å². The highest BCUT2D eigenvalue weighted by Gasteiger charge is 2.09. The van der Waals surface area contributed by atoms with Gasteiger partial charge in [0, 0.05) is 6.54 Å². The van der Waals surface area contributed by atoms with E-state index in [1.165, 1.54) is 16.7 Å². The second-order valence-electron chi connectivity index (χ2n) is 5.29. The quantitative estimate of drug-likeness (QED) is 0.629. The van der Waals surface area contributed by atoms with E-state index < -0.39 is 0 Å². The third kappa shape index (κ3) is 4.63. The van der Waals surface area contributed by atoms with Gasteiger partial charge in [-0.15, -0.1) is 0 Å². The fourth-order valence-electron chi connectivity index (χ4n) is 2.36. The molecular formula is C16H23N3. The number of rotatable bonds is 5. The van der Waals surface area contributed by atoms with Crippen LogP contribution in [0.25, 0.3) is 0 Å². The molecule has 0 spiro atoms. The summed E-state index contributed by atoms with van der Waals surface area (Å²) in [6, 6.07) is 8.42. The third-order valence-corrected chi connectivity index (χ3v) is 3.31. The lowest BCUT2D eigenvalue weighted by Crippen LogP contribution is -2.45. The van der Waals surface area contributed by atoms with Crippen LogP contribution in [0, 0.1) is 12.8 Å². The Bertz CT molecular complexity index is 477. The van der Waals surface area contributed by atoms with Gasteiger partial charge < -0.3 is 0 Å². The summed E-state index contributed by atoms with van der Waals surface area (Å²) in [7, 11) is 0. The summed E-state index contributed by atoms with van der Waals surface area (Å²) in [4.78, 5) is 0. The second kappa shape index (κ2) is 6.66. The number of benzene rings is 1. The average molecular weight is 257 g/mol. The van der Waals surface area contributed by atoms with Crippen molar-refractivity contribution in [2.45, 2.75) is 26.8 Å². The van der Waals surface area contributed by atoms with E-state index in [1.807, 2.05) is 0 Å². The Morgan fingerprint density at radius 3 is 2.95 bits per heavy atom. The fraction of sp³-hybridized carbons (Fsp3) is 0.375. The molecule has 1 aliphatic rings. The first-order chi connectivity index (χ1) is 9.13. The molecule has 0 radical (unpaired) electrons. The van der Waals surface area contributed by atoms with Crippen LogP contribution in [-0.4, -0.2) is 11.7 Å². The van der Waals surface area contributed by atoms with Gasteiger partial charge in [0.1, 0.15) is 0 Å². The van der Waals surface area contributed by atoms with Crippen LogP contribution in [0.1, 0.15) is 24.5 Å². The Morgan fingerprint density at radius 2 is 2.21 bits per heavy atom. The summed E-state index contributed by atoms with van der Waals surface area (Å²) < 4.78 is 0. The van der Waals surface area contributed by atoms with E-state index >= 15 is 0 Å². The van der Waals surface area contributed by atoms with E-state index in [0.717, 1.165) is 13.0 Å². The highest BCUT2D eigenvalue weighted by atomic mass is 15.7. The van der Waals surface area contributed by atoms with E-state index in [1.54, 1.807) is 5.12 Å². The Morgan fingerprint density at radius 1 is 1.37 bits per heavy atom. The number of nitrogens with zero attached hydrogens (tertiary/aromatic N) is 1. The predicted octanol–water partition coefficient (Wildman–Crippen LogP) is 2.70. The maximum Gasteiger partial charge on any atom is 0.0536 e. The van der Waals surface area contributed by atoms with Crippen molar-refractivity contribution in [3.8, 4) is 0 Å². The summed E-state index contributed by atoms with van der Waals surface area (Å²) >= 11 is 0. The monoisotopic (exact) mass is 257 g/mol. The largest absolute Gasteiger partial charge is 0.255 e. The van der Waals surface area contributed by atoms with E-state index in [4.69, 9.17) is 5.84 Å². The van der Waals surface area contributed by atoms with Crippen molar-refractivity contribution in [2.75, 3.05) is 6.54 Å². The lowest BCUT2D eigenvalue weighted by atomic mass is 9.97. The predicted molar refractivity (Wildman–Crippen MR) is 79.9 cm³/mol. The minimum absolute atomic E-state index is 0.536. The van der Waals surface area contributed by atoms with Crippen molar-refractivity contribution in [3.05, 3.63) is 59.2 Å². The Balaban J connectivity index is 1.79. The van der Waals surface area contributed by atoms with Crippen LogP contribution in [0.5, 0.6) is 0 Å². The zero-order chi connectivity index (χ0) is 13.7. The molecule has 19 heavy (non-hydrogen) atoms. The van der Waals surface area contributed by atoms with E-state index in [2.05, 4.69) is 61.8 Å². The van der Waals surface area contributed by atoms with Crippen molar-refractivity contribution in [1.29, 1.82) is 0 Å². The maximum absolute atomic E-state index is 5.99. The molecule has 0 bridgehead atoms. The molecule has 0 saturated heterocycles. The van der Waals surface area contributed by atoms with Crippen LogP contribution in [-0.2, 0) is 6.54 Å². The topological polar surface area (TPSA) is 41.3 Å². The molecule has 3 nitrogen and oxygen atoms in total. The SMILES string of the molecule is CC1=CC(CNN(N)Cc2cccc(C)c2)CC=C1. The first kappa shape index (κ1) is 14.0. The fourth-order valence-corrected chi connectivity index (χ4v) is 2.36. The summed E-state index contributed by atoms with van der Waals surface area (Å²) in [5.74, 6) is 6.53. The van der Waals surface area contributed by atoms with E-state index in [-0.39, 0.29) is 0 Å². The van der Waals surface area contributed by atoms with Gasteiger partial charge in [-0.25, -0.2) is 5.43 Å². The molecule has 0 aromatic heterocycles. The first-order valence-electron chi connectivity index (χ1n) is 6.80. The van der Waals surface area contributed by atoms with Gasteiger partial charge in [-0.1, -0.05) is 53.6 Å². The molecule has 3 N–H and O–H groups in total. The van der Waals surface area contributed by atoms with Crippen LogP contribution < -0.4 is 11.3 Å². The number of nitrogens with one attached hydrogen (secondary N) is 1. The molecule has 0 aliphatic heterocycles. The number of hydrogen-bond acceptors (Lipinski definition) is 3. The van der Waals surface area contributed by atoms with E-state index in [9.17, 15) is 0 Å². The number of nitrogens with two attached hydrogens (primary N) is 1. The van der Waals surface area contributed by atoms with Crippen LogP contribution in [0.2, 0.25) is 0 Å². The summed E-state index contributed by atoms with van der Waals surface area (Å²) in [6.45, 7) is 5.83. The van der Waals surface area contributed by atoms with Gasteiger partial charge in [-0.3, -0.25) is 5.84 Å². The van der Waals surface area contributed by atoms with Crippen LogP contribution in [0.4, 0.5) is 0 Å². The molecule has 0 fully saturated rings. The molecule has 1 atom stereocenters. The number of aryl methyl sites for hydroxylation is 1. The molecule has 0 amide bonds.